The molecule has 1 unspecified atom stereocenters. The van der Waals surface area contributed by atoms with Gasteiger partial charge in [0.1, 0.15) is 0 Å². The largest absolute Gasteiger partial charge is 0.423 e. The van der Waals surface area contributed by atoms with Crippen LogP contribution in [0.15, 0.2) is 0 Å². The highest BCUT2D eigenvalue weighted by molar-refractivity contribution is 5.20. The van der Waals surface area contributed by atoms with E-state index >= 15 is 0 Å². The molecule has 0 saturated carbocycles. The van der Waals surface area contributed by atoms with Gasteiger partial charge >= 0.3 is 65.5 Å². The molecule has 2 nitrogen and oxygen atoms in total. The first-order chi connectivity index (χ1) is 15.8. The number of rotatable bonds is 11. The molecule has 230 valence electrons. The number of hydrogen-bond donors (Lipinski definition) is 2. The summed E-state index contributed by atoms with van der Waals surface area (Å²) >= 11 is 0. The molecule has 0 aromatic carbocycles. The van der Waals surface area contributed by atoms with Gasteiger partial charge < -0.3 is 10.2 Å². The van der Waals surface area contributed by atoms with Crippen molar-refractivity contribution < 1.29 is 111 Å². The Bertz CT molecular complexity index is 803. The Kier molecular flexibility index (Phi) is 8.03. The van der Waals surface area contributed by atoms with E-state index in [2.05, 4.69) is 0 Å². The van der Waals surface area contributed by atoms with Crippen LogP contribution in [0.1, 0.15) is 6.92 Å². The fourth-order valence-electron chi connectivity index (χ4n) is 2.15. The quantitative estimate of drug-likeness (QED) is 0.253. The van der Waals surface area contributed by atoms with E-state index in [4.69, 9.17) is 10.2 Å². The molecule has 25 heteroatoms. The van der Waals surface area contributed by atoms with Crippen molar-refractivity contribution in [3.8, 4) is 0 Å². The lowest BCUT2D eigenvalue weighted by Crippen LogP contribution is -2.78. The summed E-state index contributed by atoms with van der Waals surface area (Å²) in [7, 11) is 0. The molecule has 0 saturated heterocycles. The van der Waals surface area contributed by atoms with Crippen molar-refractivity contribution in [3.63, 3.8) is 0 Å². The van der Waals surface area contributed by atoms with Crippen molar-refractivity contribution in [1.29, 1.82) is 0 Å². The highest BCUT2D eigenvalue weighted by Crippen LogP contribution is 2.67. The summed E-state index contributed by atoms with van der Waals surface area (Å²) in [5.41, 5.74) is -7.46. The van der Waals surface area contributed by atoms with Crippen LogP contribution in [0.25, 0.3) is 0 Å². The average Bonchev–Trinajstić information content (AvgIpc) is 2.64. The van der Waals surface area contributed by atoms with Gasteiger partial charge in [-0.15, -0.1) is 0 Å². The molecule has 0 heterocycles. The molecular weight excluding hydrogens is 625 g/mol. The average molecular weight is 630 g/mol. The third kappa shape index (κ3) is 4.02. The van der Waals surface area contributed by atoms with Crippen LogP contribution < -0.4 is 0 Å². The fraction of sp³-hybridized carbons (Fsp3) is 1.00. The minimum atomic E-state index is -9.41. The molecule has 1 atom stereocenters. The maximum atomic E-state index is 13.7. The van der Waals surface area contributed by atoms with Crippen molar-refractivity contribution in [2.75, 3.05) is 0 Å². The minimum Gasteiger partial charge on any atom is -0.331 e. The van der Waals surface area contributed by atoms with Crippen molar-refractivity contribution >= 4 is 0 Å². The summed E-state index contributed by atoms with van der Waals surface area (Å²) in [5.74, 6) is -80.1. The van der Waals surface area contributed by atoms with E-state index in [0.717, 1.165) is 0 Å². The van der Waals surface area contributed by atoms with Crippen LogP contribution in [0.4, 0.5) is 101 Å². The van der Waals surface area contributed by atoms with Crippen LogP contribution in [0, 0.1) is 0 Å². The molecule has 38 heavy (non-hydrogen) atoms. The molecule has 0 radical (unpaired) electrons. The number of halogens is 23. The smallest absolute Gasteiger partial charge is 0.331 e. The normalized spacial score (nSPS) is 18.5. The molecule has 0 amide bonds. The lowest BCUT2D eigenvalue weighted by molar-refractivity contribution is -0.481. The minimum absolute atomic E-state index is 1.98. The molecule has 0 bridgehead atoms. The van der Waals surface area contributed by atoms with Crippen molar-refractivity contribution in [1.82, 2.24) is 0 Å². The molecule has 0 aromatic rings. The van der Waals surface area contributed by atoms with Gasteiger partial charge in [-0.1, -0.05) is 0 Å². The zero-order valence-electron chi connectivity index (χ0n) is 16.6. The van der Waals surface area contributed by atoms with Crippen LogP contribution in [-0.4, -0.2) is 81.4 Å². The maximum Gasteiger partial charge on any atom is 0.423 e. The van der Waals surface area contributed by atoms with Gasteiger partial charge in [0.2, 0.25) is 5.67 Å². The summed E-state index contributed by atoms with van der Waals surface area (Å²) < 4.78 is 302. The zero-order chi connectivity index (χ0) is 32.0. The molecule has 0 rings (SSSR count). The first kappa shape index (κ1) is 36.3. The van der Waals surface area contributed by atoms with Gasteiger partial charge in [0.25, 0.3) is 0 Å². The highest BCUT2D eigenvalue weighted by atomic mass is 19.4. The summed E-state index contributed by atoms with van der Waals surface area (Å²) in [6.07, 6.45) is -14.9. The van der Waals surface area contributed by atoms with Gasteiger partial charge in [0, 0.05) is 0 Å². The van der Waals surface area contributed by atoms with Crippen LogP contribution in [0.5, 0.6) is 0 Å². The van der Waals surface area contributed by atoms with Crippen LogP contribution in [0.2, 0.25) is 0 Å². The standard InChI is InChI=1S/C13H5F23O2/c1-2(14,4(17,18)12(33,34)37)3(15,16)5(19,20)6(21,22)7(23,24)8(25,26)9(27,28)10(29,30)11(31,32)13(35,36)38/h37-38H,1H3. The Morgan fingerprint density at radius 2 is 0.421 bits per heavy atom. The molecular formula is C13H5F23O2. The van der Waals surface area contributed by atoms with Crippen LogP contribution in [-0.2, 0) is 0 Å². The van der Waals surface area contributed by atoms with E-state index in [9.17, 15) is 101 Å². The molecule has 2 N–H and O–H groups in total. The van der Waals surface area contributed by atoms with E-state index in [1.165, 1.54) is 0 Å². The van der Waals surface area contributed by atoms with Crippen molar-refractivity contribution in [2.24, 2.45) is 0 Å². The van der Waals surface area contributed by atoms with Gasteiger partial charge in [0.05, 0.1) is 0 Å². The second-order valence-corrected chi connectivity index (χ2v) is 7.25. The monoisotopic (exact) mass is 630 g/mol. The molecule has 0 fully saturated rings. The Labute approximate surface area is 191 Å². The molecule has 0 spiro atoms. The summed E-state index contributed by atoms with van der Waals surface area (Å²) in [6, 6.07) is 0. The zero-order valence-corrected chi connectivity index (χ0v) is 16.6. The SMILES string of the molecule is CC(F)(C(F)(F)C(O)(F)F)C(F)(F)C(F)(F)C(F)(F)C(F)(F)C(F)(F)C(F)(F)C(F)(F)C(F)(F)C(O)(F)F. The lowest BCUT2D eigenvalue weighted by atomic mass is 9.81. The number of hydrogen-bond acceptors (Lipinski definition) is 2. The van der Waals surface area contributed by atoms with Crippen LogP contribution >= 0.6 is 0 Å². The van der Waals surface area contributed by atoms with Crippen LogP contribution in [0.3, 0.4) is 0 Å². The fourth-order valence-corrected chi connectivity index (χ4v) is 2.15. The molecule has 0 aromatic heterocycles. The molecule has 0 aliphatic heterocycles. The number of aliphatic hydroxyl groups is 2. The van der Waals surface area contributed by atoms with E-state index in [1.807, 2.05) is 0 Å². The van der Waals surface area contributed by atoms with Gasteiger partial charge in [-0.25, -0.2) is 4.39 Å². The van der Waals surface area contributed by atoms with Gasteiger partial charge in [-0.05, 0) is 6.92 Å². The van der Waals surface area contributed by atoms with E-state index < -0.39 is 78.1 Å². The lowest BCUT2D eigenvalue weighted by Gasteiger charge is -2.46. The Balaban J connectivity index is 7.29. The summed E-state index contributed by atoms with van der Waals surface area (Å²) in [6.45, 7) is -1.98. The second-order valence-electron chi connectivity index (χ2n) is 7.25. The van der Waals surface area contributed by atoms with Gasteiger partial charge in [-0.2, -0.15) is 96.6 Å². The van der Waals surface area contributed by atoms with Crippen molar-refractivity contribution in [2.45, 2.75) is 78.1 Å². The Morgan fingerprint density at radius 3 is 0.605 bits per heavy atom. The topological polar surface area (TPSA) is 40.5 Å². The predicted molar refractivity (Wildman–Crippen MR) is 68.4 cm³/mol. The predicted octanol–water partition coefficient (Wildman–Crippen LogP) is 6.60. The van der Waals surface area contributed by atoms with E-state index in [1.54, 1.807) is 0 Å². The Hall–Kier alpha value is -1.69. The van der Waals surface area contributed by atoms with Crippen molar-refractivity contribution in [3.05, 3.63) is 0 Å². The first-order valence-electron chi connectivity index (χ1n) is 8.04. The Morgan fingerprint density at radius 1 is 0.263 bits per heavy atom. The highest BCUT2D eigenvalue weighted by Gasteiger charge is 2.98. The number of alkyl halides is 23. The summed E-state index contributed by atoms with van der Waals surface area (Å²) in [4.78, 5) is 0. The van der Waals surface area contributed by atoms with Gasteiger partial charge in [-0.3, -0.25) is 0 Å². The van der Waals surface area contributed by atoms with E-state index in [-0.39, 0.29) is 0 Å². The molecule has 0 aliphatic carbocycles. The summed E-state index contributed by atoms with van der Waals surface area (Å²) in [5, 5.41) is 15.1. The molecule has 0 aliphatic rings. The first-order valence-corrected chi connectivity index (χ1v) is 8.04. The van der Waals surface area contributed by atoms with E-state index in [0.29, 0.717) is 0 Å². The third-order valence-electron chi connectivity index (χ3n) is 4.70. The second kappa shape index (κ2) is 8.41. The van der Waals surface area contributed by atoms with Gasteiger partial charge in [0.15, 0.2) is 0 Å². The third-order valence-corrected chi connectivity index (χ3v) is 4.70. The maximum absolute atomic E-state index is 13.7.